The van der Waals surface area contributed by atoms with E-state index in [9.17, 15) is 4.79 Å². The molecule has 0 spiro atoms. The van der Waals surface area contributed by atoms with Crippen molar-refractivity contribution in [3.63, 3.8) is 0 Å². The van der Waals surface area contributed by atoms with Gasteiger partial charge in [0.15, 0.2) is 0 Å². The topological polar surface area (TPSA) is 58.4 Å². The van der Waals surface area contributed by atoms with Gasteiger partial charge in [-0.25, -0.2) is 0 Å². The molecule has 6 heteroatoms. The maximum Gasteiger partial charge on any atom is 0.220 e. The van der Waals surface area contributed by atoms with Gasteiger partial charge in [-0.2, -0.15) is 0 Å². The molecule has 1 saturated carbocycles. The van der Waals surface area contributed by atoms with Crippen LogP contribution < -0.4 is 11.1 Å². The highest BCUT2D eigenvalue weighted by atomic mass is 35.5. The molecule has 2 aliphatic heterocycles. The first-order valence-electron chi connectivity index (χ1n) is 8.94. The Bertz CT molecular complexity index is 375. The average Bonchev–Trinajstić information content (AvgIpc) is 2.95. The van der Waals surface area contributed by atoms with Crippen molar-refractivity contribution in [2.45, 2.75) is 76.3 Å². The number of rotatable bonds is 4. The Kier molecular flexibility index (Phi) is 8.64. The maximum absolute atomic E-state index is 12.5. The second kappa shape index (κ2) is 9.45. The fourth-order valence-electron chi connectivity index (χ4n) is 4.73. The van der Waals surface area contributed by atoms with E-state index >= 15 is 0 Å². The summed E-state index contributed by atoms with van der Waals surface area (Å²) in [6.45, 7) is 3.10. The average molecular weight is 366 g/mol. The summed E-state index contributed by atoms with van der Waals surface area (Å²) in [7, 11) is 0. The standard InChI is InChI=1S/C17H31N3O.2ClH/c18-13-17(7-2-1-3-8-17)12-16(21)19-14-6-10-20-9-4-5-15(20)11-14;;/h14-15H,1-13,18H2,(H,19,21);2*1H. The lowest BCUT2D eigenvalue weighted by atomic mass is 9.71. The fraction of sp³-hybridized carbons (Fsp3) is 0.941. The van der Waals surface area contributed by atoms with Gasteiger partial charge < -0.3 is 16.0 Å². The SMILES string of the molecule is Cl.Cl.NCC1(CC(=O)NC2CCN3CCCC3C2)CCCCC1. The first-order valence-corrected chi connectivity index (χ1v) is 8.94. The fourth-order valence-corrected chi connectivity index (χ4v) is 4.73. The molecule has 3 N–H and O–H groups in total. The number of nitrogens with one attached hydrogen (secondary N) is 1. The Balaban J connectivity index is 0.00000132. The van der Waals surface area contributed by atoms with Gasteiger partial charge in [-0.05, 0) is 57.0 Å². The van der Waals surface area contributed by atoms with Crippen molar-refractivity contribution in [3.8, 4) is 0 Å². The molecule has 2 atom stereocenters. The minimum Gasteiger partial charge on any atom is -0.353 e. The highest BCUT2D eigenvalue weighted by molar-refractivity contribution is 5.85. The Morgan fingerprint density at radius 2 is 1.83 bits per heavy atom. The number of halogens is 2. The summed E-state index contributed by atoms with van der Waals surface area (Å²) >= 11 is 0. The number of amides is 1. The van der Waals surface area contributed by atoms with Gasteiger partial charge in [0.05, 0.1) is 0 Å². The second-order valence-electron chi connectivity index (χ2n) is 7.56. The third-order valence-electron chi connectivity index (χ3n) is 6.07. The van der Waals surface area contributed by atoms with Crippen LogP contribution in [0.15, 0.2) is 0 Å². The highest BCUT2D eigenvalue weighted by Gasteiger charge is 2.35. The summed E-state index contributed by atoms with van der Waals surface area (Å²) in [5.41, 5.74) is 6.10. The molecular formula is C17H33Cl2N3O. The molecule has 1 aliphatic carbocycles. The van der Waals surface area contributed by atoms with Gasteiger partial charge in [0.2, 0.25) is 5.91 Å². The predicted molar refractivity (Wildman–Crippen MR) is 99.4 cm³/mol. The lowest BCUT2D eigenvalue weighted by molar-refractivity contribution is -0.125. The molecule has 2 heterocycles. The van der Waals surface area contributed by atoms with Crippen LogP contribution >= 0.6 is 24.8 Å². The summed E-state index contributed by atoms with van der Waals surface area (Å²) in [4.78, 5) is 15.1. The van der Waals surface area contributed by atoms with Crippen molar-refractivity contribution in [2.24, 2.45) is 11.1 Å². The number of nitrogens with zero attached hydrogens (tertiary/aromatic N) is 1. The second-order valence-corrected chi connectivity index (χ2v) is 7.56. The lowest BCUT2D eigenvalue weighted by Gasteiger charge is -2.38. The van der Waals surface area contributed by atoms with Gasteiger partial charge in [0, 0.05) is 25.0 Å². The molecule has 1 amide bonds. The van der Waals surface area contributed by atoms with E-state index in [2.05, 4.69) is 10.2 Å². The first kappa shape index (κ1) is 21.0. The van der Waals surface area contributed by atoms with Crippen molar-refractivity contribution in [1.29, 1.82) is 0 Å². The molecule has 0 aromatic carbocycles. The molecule has 3 fully saturated rings. The molecule has 3 rings (SSSR count). The molecule has 4 nitrogen and oxygen atoms in total. The summed E-state index contributed by atoms with van der Waals surface area (Å²) < 4.78 is 0. The van der Waals surface area contributed by atoms with E-state index in [4.69, 9.17) is 5.73 Å². The number of fused-ring (bicyclic) bond motifs is 1. The van der Waals surface area contributed by atoms with Crippen molar-refractivity contribution < 1.29 is 4.79 Å². The van der Waals surface area contributed by atoms with Crippen LogP contribution in [0, 0.1) is 5.41 Å². The van der Waals surface area contributed by atoms with E-state index < -0.39 is 0 Å². The van der Waals surface area contributed by atoms with Crippen molar-refractivity contribution in [1.82, 2.24) is 10.2 Å². The van der Waals surface area contributed by atoms with Gasteiger partial charge in [-0.15, -0.1) is 24.8 Å². The number of hydrogen-bond acceptors (Lipinski definition) is 3. The summed E-state index contributed by atoms with van der Waals surface area (Å²) in [6.07, 6.45) is 11.6. The zero-order valence-corrected chi connectivity index (χ0v) is 15.7. The monoisotopic (exact) mass is 365 g/mol. The van der Waals surface area contributed by atoms with Gasteiger partial charge in [-0.3, -0.25) is 4.79 Å². The Morgan fingerprint density at radius 3 is 2.52 bits per heavy atom. The molecule has 2 saturated heterocycles. The van der Waals surface area contributed by atoms with Crippen molar-refractivity contribution >= 4 is 30.7 Å². The third kappa shape index (κ3) is 5.22. The molecule has 0 aromatic heterocycles. The van der Waals surface area contributed by atoms with Crippen molar-refractivity contribution in [2.75, 3.05) is 19.6 Å². The van der Waals surface area contributed by atoms with Gasteiger partial charge in [0.1, 0.15) is 0 Å². The first-order chi connectivity index (χ1) is 10.2. The Hall–Kier alpha value is -0.0300. The number of nitrogens with two attached hydrogens (primary N) is 1. The van der Waals surface area contributed by atoms with Crippen LogP contribution in [-0.2, 0) is 4.79 Å². The molecule has 3 aliphatic rings. The van der Waals surface area contributed by atoms with Crippen LogP contribution in [0.1, 0.15) is 64.2 Å². The van der Waals surface area contributed by atoms with Gasteiger partial charge in [-0.1, -0.05) is 19.3 Å². The minimum absolute atomic E-state index is 0. The molecule has 0 bridgehead atoms. The summed E-state index contributed by atoms with van der Waals surface area (Å²) in [5, 5.41) is 3.32. The van der Waals surface area contributed by atoms with Crippen LogP contribution in [0.5, 0.6) is 0 Å². The van der Waals surface area contributed by atoms with Crippen LogP contribution in [0.4, 0.5) is 0 Å². The van der Waals surface area contributed by atoms with Crippen LogP contribution in [-0.4, -0.2) is 42.5 Å². The Labute approximate surface area is 153 Å². The number of carbonyl (C=O) groups excluding carboxylic acids is 1. The van der Waals surface area contributed by atoms with Gasteiger partial charge >= 0.3 is 0 Å². The summed E-state index contributed by atoms with van der Waals surface area (Å²) in [5.74, 6) is 0.249. The Morgan fingerprint density at radius 1 is 1.09 bits per heavy atom. The van der Waals surface area contributed by atoms with E-state index in [-0.39, 0.29) is 36.1 Å². The molecule has 2 unspecified atom stereocenters. The smallest absolute Gasteiger partial charge is 0.220 e. The van der Waals surface area contributed by atoms with Crippen LogP contribution in [0.3, 0.4) is 0 Å². The van der Waals surface area contributed by atoms with E-state index in [0.717, 1.165) is 38.3 Å². The number of hydrogen-bond donors (Lipinski definition) is 2. The van der Waals surface area contributed by atoms with E-state index in [1.54, 1.807) is 0 Å². The quantitative estimate of drug-likeness (QED) is 0.804. The highest BCUT2D eigenvalue weighted by Crippen LogP contribution is 2.38. The number of piperidine rings is 1. The molecule has 23 heavy (non-hydrogen) atoms. The molecule has 0 radical (unpaired) electrons. The van der Waals surface area contributed by atoms with Crippen molar-refractivity contribution in [3.05, 3.63) is 0 Å². The van der Waals surface area contributed by atoms with Gasteiger partial charge in [0.25, 0.3) is 0 Å². The molecule has 136 valence electrons. The summed E-state index contributed by atoms with van der Waals surface area (Å²) in [6, 6.07) is 1.12. The number of carbonyl (C=O) groups is 1. The van der Waals surface area contributed by atoms with E-state index in [1.807, 2.05) is 0 Å². The maximum atomic E-state index is 12.5. The normalized spacial score (nSPS) is 29.8. The van der Waals surface area contributed by atoms with E-state index in [0.29, 0.717) is 19.0 Å². The zero-order valence-electron chi connectivity index (χ0n) is 14.1. The minimum atomic E-state index is 0. The largest absolute Gasteiger partial charge is 0.353 e. The van der Waals surface area contributed by atoms with Crippen LogP contribution in [0.25, 0.3) is 0 Å². The third-order valence-corrected chi connectivity index (χ3v) is 6.07. The zero-order chi connectivity index (χ0) is 14.7. The molecule has 0 aromatic rings. The van der Waals surface area contributed by atoms with Crippen LogP contribution in [0.2, 0.25) is 0 Å². The lowest BCUT2D eigenvalue weighted by Crippen LogP contribution is -2.48. The van der Waals surface area contributed by atoms with E-state index in [1.165, 1.54) is 38.6 Å². The predicted octanol–water partition coefficient (Wildman–Crippen LogP) is 2.87. The molecular weight excluding hydrogens is 333 g/mol.